The highest BCUT2D eigenvalue weighted by Crippen LogP contribution is 2.31. The summed E-state index contributed by atoms with van der Waals surface area (Å²) in [6.45, 7) is 8.15. The van der Waals surface area contributed by atoms with Crippen LogP contribution in [0.3, 0.4) is 0 Å². The van der Waals surface area contributed by atoms with Crippen LogP contribution >= 0.6 is 11.3 Å². The van der Waals surface area contributed by atoms with Crippen molar-refractivity contribution < 1.29 is 0 Å². The van der Waals surface area contributed by atoms with Crippen LogP contribution in [0.25, 0.3) is 0 Å². The predicted molar refractivity (Wildman–Crippen MR) is 91.9 cm³/mol. The molecular formula is C18H30N2S. The zero-order valence-electron chi connectivity index (χ0n) is 13.6. The second-order valence-electron chi connectivity index (χ2n) is 6.93. The molecule has 118 valence electrons. The molecule has 2 unspecified atom stereocenters. The van der Waals surface area contributed by atoms with E-state index in [-0.39, 0.29) is 0 Å². The van der Waals surface area contributed by atoms with Crippen LogP contribution in [0.2, 0.25) is 0 Å². The molecule has 1 N–H and O–H groups in total. The van der Waals surface area contributed by atoms with E-state index in [1.54, 1.807) is 4.88 Å². The third-order valence-corrected chi connectivity index (χ3v) is 6.49. The molecule has 0 spiro atoms. The van der Waals surface area contributed by atoms with E-state index in [0.29, 0.717) is 6.04 Å². The fourth-order valence-electron chi connectivity index (χ4n) is 4.07. The van der Waals surface area contributed by atoms with Gasteiger partial charge < -0.3 is 5.32 Å². The van der Waals surface area contributed by atoms with Crippen LogP contribution in [0.15, 0.2) is 12.1 Å². The van der Waals surface area contributed by atoms with Crippen molar-refractivity contribution >= 4 is 11.3 Å². The van der Waals surface area contributed by atoms with Gasteiger partial charge in [-0.15, -0.1) is 11.3 Å². The van der Waals surface area contributed by atoms with Gasteiger partial charge in [0.25, 0.3) is 0 Å². The highest BCUT2D eigenvalue weighted by atomic mass is 32.1. The first-order valence-corrected chi connectivity index (χ1v) is 9.63. The summed E-state index contributed by atoms with van der Waals surface area (Å²) in [6.07, 6.45) is 8.42. The molecule has 0 bridgehead atoms. The highest BCUT2D eigenvalue weighted by molar-refractivity contribution is 7.11. The molecule has 2 heterocycles. The van der Waals surface area contributed by atoms with Crippen LogP contribution < -0.4 is 5.32 Å². The molecule has 1 aliphatic carbocycles. The maximum atomic E-state index is 3.72. The summed E-state index contributed by atoms with van der Waals surface area (Å²) in [4.78, 5) is 5.87. The average molecular weight is 307 g/mol. The van der Waals surface area contributed by atoms with Crippen LogP contribution in [0.4, 0.5) is 0 Å². The van der Waals surface area contributed by atoms with E-state index in [4.69, 9.17) is 0 Å². The second-order valence-corrected chi connectivity index (χ2v) is 8.18. The molecule has 1 aliphatic heterocycles. The van der Waals surface area contributed by atoms with Gasteiger partial charge in [-0.25, -0.2) is 0 Å². The van der Waals surface area contributed by atoms with E-state index < -0.39 is 0 Å². The molecule has 0 aromatic carbocycles. The van der Waals surface area contributed by atoms with Gasteiger partial charge in [-0.1, -0.05) is 26.2 Å². The summed E-state index contributed by atoms with van der Waals surface area (Å²) in [6, 6.07) is 6.07. The number of thiophene rings is 1. The van der Waals surface area contributed by atoms with Gasteiger partial charge in [0.15, 0.2) is 0 Å². The summed E-state index contributed by atoms with van der Waals surface area (Å²) in [7, 11) is 0. The smallest absolute Gasteiger partial charge is 0.0332 e. The van der Waals surface area contributed by atoms with Crippen molar-refractivity contribution in [3.63, 3.8) is 0 Å². The molecule has 2 nitrogen and oxygen atoms in total. The lowest BCUT2D eigenvalue weighted by Crippen LogP contribution is -2.57. The standard InChI is InChI=1S/C18H30N2S/c1-3-16-9-10-17(21-16)13-20-12-14(2)19-11-18(20)15-7-5-4-6-8-15/h9-10,14-15,18-19H,3-8,11-13H2,1-2H3. The van der Waals surface area contributed by atoms with Crippen molar-refractivity contribution in [3.8, 4) is 0 Å². The monoisotopic (exact) mass is 306 g/mol. The van der Waals surface area contributed by atoms with Gasteiger partial charge in [-0.3, -0.25) is 4.90 Å². The van der Waals surface area contributed by atoms with E-state index in [2.05, 4.69) is 36.2 Å². The first-order chi connectivity index (χ1) is 10.3. The average Bonchev–Trinajstić information content (AvgIpc) is 2.96. The number of nitrogens with zero attached hydrogens (tertiary/aromatic N) is 1. The van der Waals surface area contributed by atoms with Crippen molar-refractivity contribution in [2.24, 2.45) is 5.92 Å². The topological polar surface area (TPSA) is 15.3 Å². The van der Waals surface area contributed by atoms with Gasteiger partial charge in [0.05, 0.1) is 0 Å². The van der Waals surface area contributed by atoms with Gasteiger partial charge in [0, 0.05) is 41.5 Å². The minimum atomic E-state index is 0.635. The molecule has 0 radical (unpaired) electrons. The minimum absolute atomic E-state index is 0.635. The molecule has 1 saturated heterocycles. The van der Waals surface area contributed by atoms with Crippen LogP contribution in [0.5, 0.6) is 0 Å². The maximum Gasteiger partial charge on any atom is 0.0332 e. The number of piperazine rings is 1. The van der Waals surface area contributed by atoms with Crippen molar-refractivity contribution in [1.82, 2.24) is 10.2 Å². The van der Waals surface area contributed by atoms with Gasteiger partial charge in [0.1, 0.15) is 0 Å². The molecule has 3 heteroatoms. The number of hydrogen-bond donors (Lipinski definition) is 1. The fraction of sp³-hybridized carbons (Fsp3) is 0.778. The van der Waals surface area contributed by atoms with Crippen LogP contribution in [0, 0.1) is 5.92 Å². The maximum absolute atomic E-state index is 3.72. The van der Waals surface area contributed by atoms with Crippen molar-refractivity contribution in [2.75, 3.05) is 13.1 Å². The van der Waals surface area contributed by atoms with Crippen LogP contribution in [-0.4, -0.2) is 30.1 Å². The molecule has 2 aliphatic rings. The molecule has 1 aromatic rings. The quantitative estimate of drug-likeness (QED) is 0.902. The Kier molecular flexibility index (Phi) is 5.36. The zero-order valence-corrected chi connectivity index (χ0v) is 14.4. The van der Waals surface area contributed by atoms with Crippen molar-refractivity contribution in [3.05, 3.63) is 21.9 Å². The Morgan fingerprint density at radius 1 is 1.19 bits per heavy atom. The predicted octanol–water partition coefficient (Wildman–Crippen LogP) is 4.05. The first kappa shape index (κ1) is 15.5. The summed E-state index contributed by atoms with van der Waals surface area (Å²) in [5, 5.41) is 3.72. The van der Waals surface area contributed by atoms with Gasteiger partial charge in [-0.2, -0.15) is 0 Å². The van der Waals surface area contributed by atoms with E-state index >= 15 is 0 Å². The zero-order chi connectivity index (χ0) is 14.7. The lowest BCUT2D eigenvalue weighted by Gasteiger charge is -2.44. The van der Waals surface area contributed by atoms with E-state index in [0.717, 1.165) is 18.5 Å². The largest absolute Gasteiger partial charge is 0.311 e. The van der Waals surface area contributed by atoms with Gasteiger partial charge >= 0.3 is 0 Å². The molecule has 2 fully saturated rings. The molecule has 1 saturated carbocycles. The molecular weight excluding hydrogens is 276 g/mol. The third kappa shape index (κ3) is 3.88. The Bertz CT molecular complexity index is 436. The number of hydrogen-bond acceptors (Lipinski definition) is 3. The van der Waals surface area contributed by atoms with E-state index in [1.165, 1.54) is 56.5 Å². The van der Waals surface area contributed by atoms with Crippen LogP contribution in [-0.2, 0) is 13.0 Å². The van der Waals surface area contributed by atoms with Crippen LogP contribution in [0.1, 0.15) is 55.7 Å². The Balaban J connectivity index is 1.68. The van der Waals surface area contributed by atoms with Crippen molar-refractivity contribution in [2.45, 2.75) is 71.0 Å². The Labute approximate surface area is 133 Å². The number of rotatable bonds is 4. The Hall–Kier alpha value is -0.380. The molecule has 21 heavy (non-hydrogen) atoms. The van der Waals surface area contributed by atoms with E-state index in [9.17, 15) is 0 Å². The Morgan fingerprint density at radius 3 is 2.67 bits per heavy atom. The molecule has 0 amide bonds. The number of aryl methyl sites for hydroxylation is 1. The molecule has 2 atom stereocenters. The normalized spacial score (nSPS) is 28.9. The highest BCUT2D eigenvalue weighted by Gasteiger charge is 2.32. The summed E-state index contributed by atoms with van der Waals surface area (Å²) < 4.78 is 0. The molecule has 1 aromatic heterocycles. The Morgan fingerprint density at radius 2 is 1.95 bits per heavy atom. The number of nitrogens with one attached hydrogen (secondary N) is 1. The van der Waals surface area contributed by atoms with E-state index in [1.807, 2.05) is 11.3 Å². The third-order valence-electron chi connectivity index (χ3n) is 5.27. The lowest BCUT2D eigenvalue weighted by atomic mass is 9.82. The van der Waals surface area contributed by atoms with Crippen molar-refractivity contribution in [1.29, 1.82) is 0 Å². The second kappa shape index (κ2) is 7.26. The fourth-order valence-corrected chi connectivity index (χ4v) is 5.05. The molecule has 3 rings (SSSR count). The summed E-state index contributed by atoms with van der Waals surface area (Å²) >= 11 is 2.01. The van der Waals surface area contributed by atoms with Gasteiger partial charge in [-0.05, 0) is 44.2 Å². The van der Waals surface area contributed by atoms with Gasteiger partial charge in [0.2, 0.25) is 0 Å². The summed E-state index contributed by atoms with van der Waals surface area (Å²) in [5.74, 6) is 0.921. The SMILES string of the molecule is CCc1ccc(CN2CC(C)NCC2C2CCCCC2)s1. The first-order valence-electron chi connectivity index (χ1n) is 8.81. The minimum Gasteiger partial charge on any atom is -0.311 e. The summed E-state index contributed by atoms with van der Waals surface area (Å²) in [5.41, 5.74) is 0. The lowest BCUT2D eigenvalue weighted by molar-refractivity contribution is 0.0697.